The van der Waals surface area contributed by atoms with Crippen LogP contribution in [0.5, 0.6) is 0 Å². The quantitative estimate of drug-likeness (QED) is 0.572. The predicted octanol–water partition coefficient (Wildman–Crippen LogP) is 1.72. The van der Waals surface area contributed by atoms with Gasteiger partial charge in [0.2, 0.25) is 0 Å². The minimum atomic E-state index is -3.23. The average Bonchev–Trinajstić information content (AvgIpc) is 1.85. The first kappa shape index (κ1) is 12.3. The molecule has 0 aromatic heterocycles. The van der Waals surface area contributed by atoms with Gasteiger partial charge in [-0.15, -0.1) is 0 Å². The second-order valence-corrected chi connectivity index (χ2v) is 3.87. The van der Waals surface area contributed by atoms with Gasteiger partial charge in [0.1, 0.15) is 5.60 Å². The van der Waals surface area contributed by atoms with Crippen molar-refractivity contribution in [3.8, 4) is 0 Å². The van der Waals surface area contributed by atoms with Gasteiger partial charge in [0, 0.05) is 0 Å². The molecule has 0 aromatic carbocycles. The third kappa shape index (κ3) is 3.78. The molecule has 2 N–H and O–H groups in total. The van der Waals surface area contributed by atoms with Crippen LogP contribution in [0.25, 0.3) is 0 Å². The number of hydrogen-bond acceptors (Lipinski definition) is 2. The summed E-state index contributed by atoms with van der Waals surface area (Å²) >= 11 is 2.14. The Morgan fingerprint density at radius 1 is 1.50 bits per heavy atom. The number of alkyl halides is 3. The number of aliphatic hydroxyl groups is 1. The van der Waals surface area contributed by atoms with E-state index in [0.29, 0.717) is 13.1 Å². The molecule has 74 valence electrons. The molecule has 1 unspecified atom stereocenters. The summed E-state index contributed by atoms with van der Waals surface area (Å²) in [5.74, 6) is 0. The molecule has 0 saturated heterocycles. The van der Waals surface area contributed by atoms with Gasteiger partial charge in [-0.1, -0.05) is 6.92 Å². The maximum atomic E-state index is 12.6. The monoisotopic (exact) mass is 245 g/mol. The van der Waals surface area contributed by atoms with E-state index in [2.05, 4.69) is 21.2 Å². The lowest BCUT2D eigenvalue weighted by Crippen LogP contribution is -2.43. The maximum absolute atomic E-state index is 12.6. The highest BCUT2D eigenvalue weighted by atomic mass is 79.9. The third-order valence-corrected chi connectivity index (χ3v) is 2.50. The van der Waals surface area contributed by atoms with Crippen molar-refractivity contribution in [2.24, 2.45) is 0 Å². The highest BCUT2D eigenvalue weighted by molar-refractivity contribution is 9.10. The maximum Gasteiger partial charge on any atom is 0.329 e. The van der Waals surface area contributed by atoms with E-state index in [4.69, 9.17) is 0 Å². The van der Waals surface area contributed by atoms with Crippen molar-refractivity contribution in [3.05, 3.63) is 0 Å². The molecule has 0 fully saturated rings. The summed E-state index contributed by atoms with van der Waals surface area (Å²) < 4.78 is 25.1. The van der Waals surface area contributed by atoms with E-state index in [1.54, 1.807) is 0 Å². The summed E-state index contributed by atoms with van der Waals surface area (Å²) in [7, 11) is 0. The van der Waals surface area contributed by atoms with Crippen LogP contribution in [0.4, 0.5) is 8.78 Å². The lowest BCUT2D eigenvalue weighted by Gasteiger charge is -2.28. The number of rotatable bonds is 5. The second kappa shape index (κ2) is 4.48. The second-order valence-electron chi connectivity index (χ2n) is 2.88. The van der Waals surface area contributed by atoms with Crippen molar-refractivity contribution >= 4 is 15.9 Å². The lowest BCUT2D eigenvalue weighted by molar-refractivity contribution is -0.107. The zero-order chi connectivity index (χ0) is 9.83. The fourth-order valence-electron chi connectivity index (χ4n) is 0.650. The van der Waals surface area contributed by atoms with Crippen molar-refractivity contribution in [1.82, 2.24) is 5.32 Å². The van der Waals surface area contributed by atoms with Crippen LogP contribution in [0, 0.1) is 0 Å². The normalized spacial score (nSPS) is 17.5. The van der Waals surface area contributed by atoms with Gasteiger partial charge in [-0.05, 0) is 42.4 Å². The standard InChI is InChI=1S/C7H14BrF2NO/c1-3-11-5-4-6(2,12)7(8,9)10/h11-12H,3-5H2,1-2H3. The molecule has 0 rings (SSSR count). The predicted molar refractivity (Wildman–Crippen MR) is 47.7 cm³/mol. The Labute approximate surface area is 79.5 Å². The molecule has 12 heavy (non-hydrogen) atoms. The molecule has 0 aliphatic heterocycles. The zero-order valence-corrected chi connectivity index (χ0v) is 8.79. The Hall–Kier alpha value is 0.260. The van der Waals surface area contributed by atoms with Crippen LogP contribution >= 0.6 is 15.9 Å². The van der Waals surface area contributed by atoms with Gasteiger partial charge < -0.3 is 10.4 Å². The molecule has 0 heterocycles. The van der Waals surface area contributed by atoms with Gasteiger partial charge in [0.05, 0.1) is 0 Å². The van der Waals surface area contributed by atoms with Crippen molar-refractivity contribution in [3.63, 3.8) is 0 Å². The first-order chi connectivity index (χ1) is 5.31. The molecule has 5 heteroatoms. The minimum absolute atomic E-state index is 0.0130. The number of hydrogen-bond donors (Lipinski definition) is 2. The van der Waals surface area contributed by atoms with Crippen LogP contribution in [-0.4, -0.2) is 28.6 Å². The Kier molecular flexibility index (Phi) is 4.58. The molecule has 0 saturated carbocycles. The van der Waals surface area contributed by atoms with Gasteiger partial charge in [0.25, 0.3) is 0 Å². The highest BCUT2D eigenvalue weighted by Gasteiger charge is 2.45. The van der Waals surface area contributed by atoms with Crippen molar-refractivity contribution in [1.29, 1.82) is 0 Å². The molecule has 0 radical (unpaired) electrons. The third-order valence-electron chi connectivity index (χ3n) is 1.65. The molecule has 1 atom stereocenters. The molecule has 0 aromatic rings. The van der Waals surface area contributed by atoms with Crippen molar-refractivity contribution in [2.45, 2.75) is 30.7 Å². The topological polar surface area (TPSA) is 32.3 Å². The SMILES string of the molecule is CCNCCC(C)(O)C(F)(F)Br. The highest BCUT2D eigenvalue weighted by Crippen LogP contribution is 2.36. The summed E-state index contributed by atoms with van der Waals surface area (Å²) in [5.41, 5.74) is -1.99. The van der Waals surface area contributed by atoms with E-state index >= 15 is 0 Å². The number of nitrogens with one attached hydrogen (secondary N) is 1. The molecule has 0 spiro atoms. The van der Waals surface area contributed by atoms with Crippen LogP contribution in [0.2, 0.25) is 0 Å². The van der Waals surface area contributed by atoms with E-state index in [-0.39, 0.29) is 6.42 Å². The Morgan fingerprint density at radius 3 is 2.33 bits per heavy atom. The summed E-state index contributed by atoms with van der Waals surface area (Å²) in [5, 5.41) is 12.1. The summed E-state index contributed by atoms with van der Waals surface area (Å²) in [6.07, 6.45) is 0.0130. The lowest BCUT2D eigenvalue weighted by atomic mass is 10.0. The van der Waals surface area contributed by atoms with Gasteiger partial charge in [-0.25, -0.2) is 0 Å². The van der Waals surface area contributed by atoms with Gasteiger partial charge in [-0.2, -0.15) is 8.78 Å². The number of halogens is 3. The molecular weight excluding hydrogens is 232 g/mol. The van der Waals surface area contributed by atoms with E-state index < -0.39 is 10.4 Å². The summed E-state index contributed by atoms with van der Waals surface area (Å²) in [6.45, 7) is 4.08. The first-order valence-electron chi connectivity index (χ1n) is 3.81. The van der Waals surface area contributed by atoms with Gasteiger partial charge in [0.15, 0.2) is 0 Å². The van der Waals surface area contributed by atoms with E-state index in [9.17, 15) is 13.9 Å². The first-order valence-corrected chi connectivity index (χ1v) is 4.60. The fraction of sp³-hybridized carbons (Fsp3) is 1.00. The molecule has 0 amide bonds. The van der Waals surface area contributed by atoms with Crippen LogP contribution < -0.4 is 5.32 Å². The smallest absolute Gasteiger partial charge is 0.329 e. The van der Waals surface area contributed by atoms with Crippen molar-refractivity contribution < 1.29 is 13.9 Å². The molecule has 0 bridgehead atoms. The Morgan fingerprint density at radius 2 is 2.00 bits per heavy atom. The molecular formula is C7H14BrF2NO. The largest absolute Gasteiger partial charge is 0.383 e. The summed E-state index contributed by atoms with van der Waals surface area (Å²) in [6, 6.07) is 0. The molecule has 0 aliphatic carbocycles. The Balaban J connectivity index is 3.88. The molecule has 2 nitrogen and oxygen atoms in total. The van der Waals surface area contributed by atoms with Gasteiger partial charge in [-0.3, -0.25) is 0 Å². The van der Waals surface area contributed by atoms with Crippen LogP contribution in [0.3, 0.4) is 0 Å². The molecule has 0 aliphatic rings. The fourth-order valence-corrected chi connectivity index (χ4v) is 0.849. The zero-order valence-electron chi connectivity index (χ0n) is 7.20. The minimum Gasteiger partial charge on any atom is -0.383 e. The Bertz CT molecular complexity index is 136. The van der Waals surface area contributed by atoms with E-state index in [0.717, 1.165) is 6.92 Å². The average molecular weight is 246 g/mol. The summed E-state index contributed by atoms with van der Waals surface area (Å²) in [4.78, 5) is -3.23. The van der Waals surface area contributed by atoms with E-state index in [1.165, 1.54) is 0 Å². The van der Waals surface area contributed by atoms with Crippen LogP contribution in [0.1, 0.15) is 20.3 Å². The van der Waals surface area contributed by atoms with Crippen LogP contribution in [0.15, 0.2) is 0 Å². The van der Waals surface area contributed by atoms with E-state index in [1.807, 2.05) is 6.92 Å². The van der Waals surface area contributed by atoms with Crippen LogP contribution in [-0.2, 0) is 0 Å². The van der Waals surface area contributed by atoms with Gasteiger partial charge >= 0.3 is 4.83 Å². The van der Waals surface area contributed by atoms with Crippen molar-refractivity contribution in [2.75, 3.05) is 13.1 Å².